The van der Waals surface area contributed by atoms with E-state index in [2.05, 4.69) is 15.6 Å². The lowest BCUT2D eigenvalue weighted by Gasteiger charge is -2.06. The average molecular weight is 366 g/mol. The molecule has 8 heteroatoms. The van der Waals surface area contributed by atoms with E-state index in [0.29, 0.717) is 16.9 Å². The lowest BCUT2D eigenvalue weighted by molar-refractivity contribution is -0.119. The molecule has 2 N–H and O–H groups in total. The number of hydrogen-bond donors (Lipinski definition) is 2. The first-order valence-corrected chi connectivity index (χ1v) is 8.21. The van der Waals surface area contributed by atoms with Crippen molar-refractivity contribution < 1.29 is 19.1 Å². The third-order valence-corrected chi connectivity index (χ3v) is 3.82. The number of benzene rings is 1. The van der Waals surface area contributed by atoms with Crippen LogP contribution in [-0.2, 0) is 9.53 Å². The number of nitrogens with one attached hydrogen (secondary N) is 2. The van der Waals surface area contributed by atoms with Crippen LogP contribution in [0, 0.1) is 6.92 Å². The highest BCUT2D eigenvalue weighted by molar-refractivity contribution is 5.97. The van der Waals surface area contributed by atoms with Crippen LogP contribution in [0.4, 0.5) is 5.69 Å². The summed E-state index contributed by atoms with van der Waals surface area (Å²) in [5.74, 6) is -1.39. The zero-order valence-electron chi connectivity index (χ0n) is 14.9. The highest BCUT2D eigenvalue weighted by Crippen LogP contribution is 2.11. The number of aryl methyl sites for hydroxylation is 1. The van der Waals surface area contributed by atoms with Crippen molar-refractivity contribution in [1.29, 1.82) is 0 Å². The molecule has 138 valence electrons. The van der Waals surface area contributed by atoms with Gasteiger partial charge in [0, 0.05) is 30.7 Å². The molecule has 0 fully saturated rings. The number of anilines is 1. The van der Waals surface area contributed by atoms with E-state index in [1.54, 1.807) is 41.1 Å². The molecule has 3 aromatic rings. The van der Waals surface area contributed by atoms with E-state index >= 15 is 0 Å². The molecular weight excluding hydrogens is 348 g/mol. The number of imidazole rings is 1. The van der Waals surface area contributed by atoms with Crippen LogP contribution >= 0.6 is 0 Å². The number of rotatable bonds is 5. The number of carbonyl (C=O) groups excluding carboxylic acids is 3. The minimum Gasteiger partial charge on any atom is -0.451 e. The van der Waals surface area contributed by atoms with Crippen molar-refractivity contribution in [3.8, 4) is 0 Å². The van der Waals surface area contributed by atoms with Gasteiger partial charge in [0.1, 0.15) is 5.65 Å². The highest BCUT2D eigenvalue weighted by Gasteiger charge is 2.14. The zero-order chi connectivity index (χ0) is 19.4. The van der Waals surface area contributed by atoms with E-state index in [-0.39, 0.29) is 11.6 Å². The summed E-state index contributed by atoms with van der Waals surface area (Å²) in [4.78, 5) is 39.7. The van der Waals surface area contributed by atoms with E-state index in [0.717, 1.165) is 5.56 Å². The van der Waals surface area contributed by atoms with Crippen LogP contribution in [0.2, 0.25) is 0 Å². The van der Waals surface area contributed by atoms with Crippen molar-refractivity contribution in [2.45, 2.75) is 6.92 Å². The Morgan fingerprint density at radius 3 is 2.59 bits per heavy atom. The Bertz CT molecular complexity index is 1010. The lowest BCUT2D eigenvalue weighted by Crippen LogP contribution is -2.21. The van der Waals surface area contributed by atoms with E-state index in [9.17, 15) is 14.4 Å². The molecule has 8 nitrogen and oxygen atoms in total. The van der Waals surface area contributed by atoms with Crippen LogP contribution in [-0.4, -0.2) is 40.8 Å². The molecule has 0 radical (unpaired) electrons. The smallest absolute Gasteiger partial charge is 0.359 e. The molecule has 0 saturated heterocycles. The summed E-state index contributed by atoms with van der Waals surface area (Å²) in [6.07, 6.45) is 3.34. The fraction of sp³-hybridized carbons (Fsp3) is 0.158. The number of fused-ring (bicyclic) bond motifs is 1. The summed E-state index contributed by atoms with van der Waals surface area (Å²) in [6.45, 7) is 1.49. The van der Waals surface area contributed by atoms with Crippen LogP contribution in [0.25, 0.3) is 5.65 Å². The third kappa shape index (κ3) is 4.30. The molecule has 2 aromatic heterocycles. The monoisotopic (exact) mass is 366 g/mol. The molecule has 0 saturated carbocycles. The molecular formula is C19H18N4O4. The first-order chi connectivity index (χ1) is 13.0. The summed E-state index contributed by atoms with van der Waals surface area (Å²) in [5, 5.41) is 5.10. The van der Waals surface area contributed by atoms with Gasteiger partial charge in [-0.3, -0.25) is 9.59 Å². The summed E-state index contributed by atoms with van der Waals surface area (Å²) < 4.78 is 6.72. The van der Waals surface area contributed by atoms with Gasteiger partial charge >= 0.3 is 5.97 Å². The second-order valence-electron chi connectivity index (χ2n) is 5.88. The number of hydrogen-bond acceptors (Lipinski definition) is 5. The normalized spacial score (nSPS) is 10.4. The summed E-state index contributed by atoms with van der Waals surface area (Å²) in [7, 11) is 1.54. The predicted molar refractivity (Wildman–Crippen MR) is 98.7 cm³/mol. The highest BCUT2D eigenvalue weighted by atomic mass is 16.5. The Balaban J connectivity index is 1.56. The fourth-order valence-electron chi connectivity index (χ4n) is 2.43. The Hall–Kier alpha value is -3.68. The predicted octanol–water partition coefficient (Wildman–Crippen LogP) is 1.80. The molecule has 0 atom stereocenters. The molecule has 2 heterocycles. The number of carbonyl (C=O) groups is 3. The Morgan fingerprint density at radius 1 is 1.15 bits per heavy atom. The van der Waals surface area contributed by atoms with Crippen LogP contribution < -0.4 is 10.6 Å². The van der Waals surface area contributed by atoms with Gasteiger partial charge in [-0.05, 0) is 48.9 Å². The minimum absolute atomic E-state index is 0.128. The van der Waals surface area contributed by atoms with Gasteiger partial charge in [0.25, 0.3) is 11.8 Å². The number of amides is 2. The van der Waals surface area contributed by atoms with Gasteiger partial charge in [-0.2, -0.15) is 0 Å². The maximum Gasteiger partial charge on any atom is 0.359 e. The van der Waals surface area contributed by atoms with E-state index in [1.165, 1.54) is 7.05 Å². The van der Waals surface area contributed by atoms with Gasteiger partial charge < -0.3 is 19.8 Å². The number of esters is 1. The van der Waals surface area contributed by atoms with Gasteiger partial charge in [0.05, 0.1) is 0 Å². The van der Waals surface area contributed by atoms with E-state index in [1.807, 2.05) is 19.1 Å². The SMILES string of the molecule is CNC(=O)c1ccc(NC(=O)COC(=O)c2cn3ccc(C)cc3n2)cc1. The van der Waals surface area contributed by atoms with Crippen molar-refractivity contribution in [3.05, 3.63) is 65.6 Å². The molecule has 0 spiro atoms. The Kier molecular flexibility index (Phi) is 5.16. The fourth-order valence-corrected chi connectivity index (χ4v) is 2.43. The van der Waals surface area contributed by atoms with Crippen molar-refractivity contribution in [3.63, 3.8) is 0 Å². The Morgan fingerprint density at radius 2 is 1.89 bits per heavy atom. The van der Waals surface area contributed by atoms with Crippen molar-refractivity contribution in [2.24, 2.45) is 0 Å². The summed E-state index contributed by atoms with van der Waals surface area (Å²) >= 11 is 0. The second kappa shape index (κ2) is 7.69. The van der Waals surface area contributed by atoms with Gasteiger partial charge in [-0.1, -0.05) is 0 Å². The van der Waals surface area contributed by atoms with Crippen LogP contribution in [0.15, 0.2) is 48.8 Å². The van der Waals surface area contributed by atoms with E-state index in [4.69, 9.17) is 4.74 Å². The molecule has 1 aromatic carbocycles. The largest absolute Gasteiger partial charge is 0.451 e. The van der Waals surface area contributed by atoms with Crippen molar-refractivity contribution in [1.82, 2.24) is 14.7 Å². The number of ether oxygens (including phenoxy) is 1. The molecule has 0 aliphatic heterocycles. The minimum atomic E-state index is -0.679. The molecule has 0 aliphatic carbocycles. The molecule has 0 unspecified atom stereocenters. The molecule has 0 aliphatic rings. The van der Waals surface area contributed by atoms with Gasteiger partial charge in [0.2, 0.25) is 0 Å². The Labute approximate surface area is 155 Å². The van der Waals surface area contributed by atoms with Crippen LogP contribution in [0.3, 0.4) is 0 Å². The van der Waals surface area contributed by atoms with E-state index < -0.39 is 18.5 Å². The molecule has 3 rings (SSSR count). The number of pyridine rings is 1. The van der Waals surface area contributed by atoms with Gasteiger partial charge in [-0.25, -0.2) is 9.78 Å². The molecule has 0 bridgehead atoms. The number of nitrogens with zero attached hydrogens (tertiary/aromatic N) is 2. The van der Waals surface area contributed by atoms with Crippen molar-refractivity contribution >= 4 is 29.1 Å². The second-order valence-corrected chi connectivity index (χ2v) is 5.88. The van der Waals surface area contributed by atoms with Crippen LogP contribution in [0.1, 0.15) is 26.4 Å². The standard InChI is InChI=1S/C19H18N4O4/c1-12-7-8-23-10-15(22-16(23)9-12)19(26)27-11-17(24)21-14-5-3-13(4-6-14)18(25)20-2/h3-10H,11H2,1-2H3,(H,20,25)(H,21,24). The van der Waals surface area contributed by atoms with Crippen LogP contribution in [0.5, 0.6) is 0 Å². The van der Waals surface area contributed by atoms with Crippen molar-refractivity contribution in [2.75, 3.05) is 19.0 Å². The zero-order valence-corrected chi connectivity index (χ0v) is 14.9. The maximum absolute atomic E-state index is 12.1. The van der Waals surface area contributed by atoms with Gasteiger partial charge in [0.15, 0.2) is 12.3 Å². The summed E-state index contributed by atoms with van der Waals surface area (Å²) in [5.41, 5.74) is 2.75. The quantitative estimate of drug-likeness (QED) is 0.671. The first kappa shape index (κ1) is 18.1. The van der Waals surface area contributed by atoms with Gasteiger partial charge in [-0.15, -0.1) is 0 Å². The summed E-state index contributed by atoms with van der Waals surface area (Å²) in [6, 6.07) is 10.1. The molecule has 27 heavy (non-hydrogen) atoms. The number of aromatic nitrogens is 2. The maximum atomic E-state index is 12.1. The lowest BCUT2D eigenvalue weighted by atomic mass is 10.2. The topological polar surface area (TPSA) is 102 Å². The molecule has 2 amide bonds. The average Bonchev–Trinajstić information content (AvgIpc) is 3.09. The first-order valence-electron chi connectivity index (χ1n) is 8.21. The third-order valence-electron chi connectivity index (χ3n) is 3.82.